The molecule has 1 aliphatic heterocycles. The van der Waals surface area contributed by atoms with E-state index in [0.717, 1.165) is 38.9 Å². The molecule has 2 heterocycles. The summed E-state index contributed by atoms with van der Waals surface area (Å²) in [6.07, 6.45) is 2.07. The Balaban J connectivity index is 1.77. The third-order valence-corrected chi connectivity index (χ3v) is 5.53. The van der Waals surface area contributed by atoms with Gasteiger partial charge in [0.05, 0.1) is 11.0 Å². The lowest BCUT2D eigenvalue weighted by atomic mass is 9.92. The van der Waals surface area contributed by atoms with Crippen LogP contribution in [0.25, 0.3) is 22.7 Å². The van der Waals surface area contributed by atoms with Gasteiger partial charge in [-0.2, -0.15) is 0 Å². The fraction of sp³-hybridized carbons (Fsp3) is 0.125. The average molecular weight is 386 g/mol. The molecule has 0 saturated carbocycles. The Morgan fingerprint density at radius 1 is 0.931 bits per heavy atom. The van der Waals surface area contributed by atoms with Crippen molar-refractivity contribution in [2.75, 3.05) is 0 Å². The second-order valence-corrected chi connectivity index (χ2v) is 7.29. The van der Waals surface area contributed by atoms with Crippen LogP contribution in [-0.2, 0) is 20.7 Å². The molecule has 29 heavy (non-hydrogen) atoms. The molecule has 4 nitrogen and oxygen atoms in total. The third-order valence-electron chi connectivity index (χ3n) is 5.53. The van der Waals surface area contributed by atoms with Crippen LogP contribution in [0.15, 0.2) is 65.5 Å². The predicted octanol–water partition coefficient (Wildman–Crippen LogP) is 4.50. The first-order valence-corrected chi connectivity index (χ1v) is 9.41. The van der Waals surface area contributed by atoms with Crippen LogP contribution in [-0.4, -0.2) is 9.13 Å². The fourth-order valence-electron chi connectivity index (χ4n) is 3.98. The number of ether oxygens (including phenoxy) is 1. The van der Waals surface area contributed by atoms with Crippen molar-refractivity contribution >= 4 is 22.7 Å². The van der Waals surface area contributed by atoms with Gasteiger partial charge < -0.3 is 4.74 Å². The molecule has 0 atom stereocenters. The minimum Gasteiger partial charge on any atom is -0.488 e. The maximum absolute atomic E-state index is 13.8. The molecule has 0 bridgehead atoms. The summed E-state index contributed by atoms with van der Waals surface area (Å²) in [5.74, 6) is 0.204. The average Bonchev–Trinajstić information content (AvgIpc) is 2.87. The molecule has 0 unspecified atom stereocenters. The van der Waals surface area contributed by atoms with E-state index in [1.807, 2.05) is 36.4 Å². The summed E-state index contributed by atoms with van der Waals surface area (Å²) in [5.41, 5.74) is 6.56. The van der Waals surface area contributed by atoms with Crippen LogP contribution in [0.2, 0.25) is 0 Å². The normalized spacial score (nSPS) is 14.4. The molecule has 0 spiro atoms. The molecule has 5 heteroatoms. The van der Waals surface area contributed by atoms with Crippen LogP contribution in [0.5, 0.6) is 5.75 Å². The molecular weight excluding hydrogens is 367 g/mol. The number of benzene rings is 3. The molecule has 0 aliphatic carbocycles. The van der Waals surface area contributed by atoms with Gasteiger partial charge in [0, 0.05) is 25.7 Å². The van der Waals surface area contributed by atoms with E-state index in [4.69, 9.17) is 4.74 Å². The third kappa shape index (κ3) is 2.78. The number of aromatic nitrogens is 2. The van der Waals surface area contributed by atoms with E-state index in [-0.39, 0.29) is 11.5 Å². The Bertz CT molecular complexity index is 1360. The molecule has 144 valence electrons. The van der Waals surface area contributed by atoms with Gasteiger partial charge >= 0.3 is 5.69 Å². The number of hydrogen-bond donors (Lipinski definition) is 0. The summed E-state index contributed by atoms with van der Waals surface area (Å²) in [5, 5.41) is 0. The highest BCUT2D eigenvalue weighted by Crippen LogP contribution is 2.38. The molecule has 0 saturated heterocycles. The van der Waals surface area contributed by atoms with Crippen molar-refractivity contribution in [1.29, 1.82) is 0 Å². The standard InChI is InChI=1S/C24H19FN2O2/c1-26-21-10-7-15(12-22(21)27(2)24(26)28)11-20-18-6-4-3-5-16(18)14-29-23-13-17(25)8-9-19(20)23/h3-13H,14H2,1-2H3/b20-11+. The van der Waals surface area contributed by atoms with Gasteiger partial charge in [-0.25, -0.2) is 9.18 Å². The number of fused-ring (bicyclic) bond motifs is 3. The van der Waals surface area contributed by atoms with E-state index in [1.165, 1.54) is 12.1 Å². The van der Waals surface area contributed by atoms with Crippen molar-refractivity contribution in [3.8, 4) is 5.75 Å². The molecule has 5 rings (SSSR count). The van der Waals surface area contributed by atoms with Crippen molar-refractivity contribution < 1.29 is 9.13 Å². The maximum Gasteiger partial charge on any atom is 0.328 e. The molecule has 0 N–H and O–H groups in total. The van der Waals surface area contributed by atoms with Crippen LogP contribution in [0.4, 0.5) is 4.39 Å². The molecule has 0 radical (unpaired) electrons. The fourth-order valence-corrected chi connectivity index (χ4v) is 3.98. The first kappa shape index (κ1) is 17.5. The monoisotopic (exact) mass is 386 g/mol. The van der Waals surface area contributed by atoms with Crippen LogP contribution >= 0.6 is 0 Å². The smallest absolute Gasteiger partial charge is 0.328 e. The highest BCUT2D eigenvalue weighted by Gasteiger charge is 2.20. The Morgan fingerprint density at radius 2 is 1.72 bits per heavy atom. The second kappa shape index (κ2) is 6.48. The minimum atomic E-state index is -0.324. The first-order chi connectivity index (χ1) is 14.0. The van der Waals surface area contributed by atoms with Gasteiger partial charge in [-0.3, -0.25) is 9.13 Å². The summed E-state index contributed by atoms with van der Waals surface area (Å²) >= 11 is 0. The highest BCUT2D eigenvalue weighted by molar-refractivity contribution is 5.95. The van der Waals surface area contributed by atoms with E-state index in [1.54, 1.807) is 29.3 Å². The zero-order chi connectivity index (χ0) is 20.1. The number of imidazole rings is 1. The SMILES string of the molecule is Cn1c(=O)n(C)c2cc(/C=C3\c4ccccc4COc4cc(F)ccc43)ccc21. The predicted molar refractivity (Wildman–Crippen MR) is 112 cm³/mol. The van der Waals surface area contributed by atoms with Gasteiger partial charge in [0.15, 0.2) is 0 Å². The summed E-state index contributed by atoms with van der Waals surface area (Å²) in [4.78, 5) is 12.3. The van der Waals surface area contributed by atoms with E-state index < -0.39 is 0 Å². The molecule has 1 aliphatic rings. The topological polar surface area (TPSA) is 36.2 Å². The van der Waals surface area contributed by atoms with Crippen molar-refractivity contribution in [1.82, 2.24) is 9.13 Å². The zero-order valence-corrected chi connectivity index (χ0v) is 16.1. The van der Waals surface area contributed by atoms with Crippen molar-refractivity contribution in [3.63, 3.8) is 0 Å². The Hall–Kier alpha value is -3.60. The molecule has 4 aromatic rings. The Morgan fingerprint density at radius 3 is 2.59 bits per heavy atom. The highest BCUT2D eigenvalue weighted by atomic mass is 19.1. The van der Waals surface area contributed by atoms with Crippen molar-refractivity contribution in [2.45, 2.75) is 6.61 Å². The quantitative estimate of drug-likeness (QED) is 0.483. The molecule has 0 amide bonds. The molecule has 0 fully saturated rings. The number of nitrogens with zero attached hydrogens (tertiary/aromatic N) is 2. The van der Waals surface area contributed by atoms with E-state index in [0.29, 0.717) is 12.4 Å². The van der Waals surface area contributed by atoms with Crippen LogP contribution < -0.4 is 10.4 Å². The lowest BCUT2D eigenvalue weighted by Gasteiger charge is -2.11. The van der Waals surface area contributed by atoms with Gasteiger partial charge in [-0.05, 0) is 52.6 Å². The number of halogens is 1. The Labute approximate surface area is 167 Å². The molecule has 3 aromatic carbocycles. The van der Waals surface area contributed by atoms with Gasteiger partial charge in [0.2, 0.25) is 0 Å². The molecule has 1 aromatic heterocycles. The van der Waals surface area contributed by atoms with Crippen LogP contribution in [0.3, 0.4) is 0 Å². The number of aryl methyl sites for hydroxylation is 2. The Kier molecular flexibility index (Phi) is 3.91. The maximum atomic E-state index is 13.8. The van der Waals surface area contributed by atoms with Crippen LogP contribution in [0, 0.1) is 5.82 Å². The zero-order valence-electron chi connectivity index (χ0n) is 16.1. The number of hydrogen-bond acceptors (Lipinski definition) is 2. The summed E-state index contributed by atoms with van der Waals surface area (Å²) in [7, 11) is 3.54. The van der Waals surface area contributed by atoms with Gasteiger partial charge in [0.25, 0.3) is 0 Å². The second-order valence-electron chi connectivity index (χ2n) is 7.29. The minimum absolute atomic E-state index is 0.0566. The lowest BCUT2D eigenvalue weighted by molar-refractivity contribution is 0.305. The molecular formula is C24H19FN2O2. The summed E-state index contributed by atoms with van der Waals surface area (Å²) < 4.78 is 23.0. The van der Waals surface area contributed by atoms with Crippen molar-refractivity contribution in [2.24, 2.45) is 14.1 Å². The van der Waals surface area contributed by atoms with E-state index in [2.05, 4.69) is 12.1 Å². The number of rotatable bonds is 1. The largest absolute Gasteiger partial charge is 0.488 e. The van der Waals surface area contributed by atoms with Crippen molar-refractivity contribution in [3.05, 3.63) is 99.2 Å². The van der Waals surface area contributed by atoms with Gasteiger partial charge in [0.1, 0.15) is 18.2 Å². The first-order valence-electron chi connectivity index (χ1n) is 9.41. The summed E-state index contributed by atoms with van der Waals surface area (Å²) in [6, 6.07) is 18.6. The van der Waals surface area contributed by atoms with Crippen LogP contribution in [0.1, 0.15) is 22.3 Å². The summed E-state index contributed by atoms with van der Waals surface area (Å²) in [6.45, 7) is 0.385. The van der Waals surface area contributed by atoms with E-state index >= 15 is 0 Å². The van der Waals surface area contributed by atoms with Gasteiger partial charge in [-0.1, -0.05) is 30.3 Å². The van der Waals surface area contributed by atoms with Gasteiger partial charge in [-0.15, -0.1) is 0 Å². The lowest BCUT2D eigenvalue weighted by Crippen LogP contribution is -2.19. The van der Waals surface area contributed by atoms with E-state index in [9.17, 15) is 9.18 Å².